The second kappa shape index (κ2) is 10.2. The maximum atomic E-state index is 13.9. The van der Waals surface area contributed by atoms with Gasteiger partial charge < -0.3 is 20.1 Å². The van der Waals surface area contributed by atoms with Gasteiger partial charge in [0.15, 0.2) is 5.65 Å². The van der Waals surface area contributed by atoms with Crippen molar-refractivity contribution in [2.24, 2.45) is 0 Å². The molecule has 0 radical (unpaired) electrons. The van der Waals surface area contributed by atoms with Gasteiger partial charge in [0, 0.05) is 17.8 Å². The number of ether oxygens (including phenoxy) is 2. The molecule has 39 heavy (non-hydrogen) atoms. The standard InChI is InChI=1S/C25H17F4N7O3/c1-38-21-8-9-36-22(35-21)18(13-32-36)14-2-5-17(6-3-14)39-24-30-11-16(12-31-24)33-23(37)34-20-10-15(25(27,28)29)4-7-19(20)26/h2-13H,1H3,(H2,33,34,37). The van der Waals surface area contributed by atoms with Crippen molar-refractivity contribution >= 4 is 23.1 Å². The average Bonchev–Trinajstić information content (AvgIpc) is 3.34. The number of carbonyl (C=O) groups is 1. The summed E-state index contributed by atoms with van der Waals surface area (Å²) in [6, 6.07) is 9.39. The van der Waals surface area contributed by atoms with Crippen LogP contribution >= 0.6 is 0 Å². The Labute approximate surface area is 217 Å². The molecule has 0 aliphatic heterocycles. The van der Waals surface area contributed by atoms with E-state index in [1.165, 1.54) is 19.5 Å². The summed E-state index contributed by atoms with van der Waals surface area (Å²) in [7, 11) is 1.53. The van der Waals surface area contributed by atoms with Crippen LogP contribution in [0.15, 0.2) is 73.3 Å². The van der Waals surface area contributed by atoms with E-state index < -0.39 is 29.3 Å². The largest absolute Gasteiger partial charge is 0.481 e. The first-order valence-corrected chi connectivity index (χ1v) is 11.1. The zero-order chi connectivity index (χ0) is 27.6. The summed E-state index contributed by atoms with van der Waals surface area (Å²) in [6.07, 6.45) is 1.17. The van der Waals surface area contributed by atoms with Gasteiger partial charge >= 0.3 is 18.2 Å². The number of rotatable bonds is 6. The summed E-state index contributed by atoms with van der Waals surface area (Å²) in [5, 5.41) is 8.62. The maximum absolute atomic E-state index is 13.9. The van der Waals surface area contributed by atoms with Gasteiger partial charge in [-0.05, 0) is 35.9 Å². The first-order valence-electron chi connectivity index (χ1n) is 11.1. The van der Waals surface area contributed by atoms with Crippen LogP contribution in [0.1, 0.15) is 5.56 Å². The number of hydrogen-bond acceptors (Lipinski definition) is 7. The zero-order valence-corrected chi connectivity index (χ0v) is 19.9. The van der Waals surface area contributed by atoms with Crippen LogP contribution in [-0.2, 0) is 6.18 Å². The second-order valence-corrected chi connectivity index (χ2v) is 7.95. The SMILES string of the molecule is COc1ccn2ncc(-c3ccc(Oc4ncc(NC(=O)Nc5cc(C(F)(F)F)ccc5F)cn4)cc3)c2n1. The minimum absolute atomic E-state index is 0.0278. The smallest absolute Gasteiger partial charge is 0.416 e. The molecule has 0 saturated carbocycles. The van der Waals surface area contributed by atoms with Gasteiger partial charge in [-0.15, -0.1) is 0 Å². The Hall–Kier alpha value is -5.27. The Morgan fingerprint density at radius 3 is 2.41 bits per heavy atom. The summed E-state index contributed by atoms with van der Waals surface area (Å²) < 4.78 is 64.9. The molecule has 0 unspecified atom stereocenters. The molecule has 0 spiro atoms. The van der Waals surface area contributed by atoms with Crippen LogP contribution < -0.4 is 20.1 Å². The van der Waals surface area contributed by atoms with Crippen molar-refractivity contribution in [3.05, 3.63) is 84.7 Å². The zero-order valence-electron chi connectivity index (χ0n) is 19.9. The number of alkyl halides is 3. The van der Waals surface area contributed by atoms with Gasteiger partial charge in [-0.25, -0.2) is 23.7 Å². The van der Waals surface area contributed by atoms with E-state index in [1.807, 2.05) is 5.32 Å². The second-order valence-electron chi connectivity index (χ2n) is 7.95. The molecule has 2 amide bonds. The number of carbonyl (C=O) groups excluding carboxylic acids is 1. The number of benzene rings is 2. The molecular weight excluding hydrogens is 522 g/mol. The molecule has 0 atom stereocenters. The average molecular weight is 539 g/mol. The van der Waals surface area contributed by atoms with E-state index in [0.29, 0.717) is 35.5 Å². The van der Waals surface area contributed by atoms with Crippen molar-refractivity contribution in [1.82, 2.24) is 24.6 Å². The van der Waals surface area contributed by atoms with Gasteiger partial charge in [0.05, 0.1) is 42.6 Å². The molecule has 5 rings (SSSR count). The van der Waals surface area contributed by atoms with E-state index in [2.05, 4.69) is 25.4 Å². The topological polar surface area (TPSA) is 116 Å². The van der Waals surface area contributed by atoms with E-state index in [1.54, 1.807) is 47.2 Å². The van der Waals surface area contributed by atoms with Gasteiger partial charge in [0.2, 0.25) is 5.88 Å². The monoisotopic (exact) mass is 539 g/mol. The van der Waals surface area contributed by atoms with Crippen LogP contribution in [0.5, 0.6) is 17.6 Å². The van der Waals surface area contributed by atoms with Crippen LogP contribution in [0.25, 0.3) is 16.8 Å². The quantitative estimate of drug-likeness (QED) is 0.263. The first-order chi connectivity index (χ1) is 18.7. The molecule has 0 bridgehead atoms. The Bertz CT molecular complexity index is 1640. The lowest BCUT2D eigenvalue weighted by Crippen LogP contribution is -2.21. The highest BCUT2D eigenvalue weighted by Crippen LogP contribution is 2.32. The first kappa shape index (κ1) is 25.4. The van der Waals surface area contributed by atoms with E-state index in [0.717, 1.165) is 11.1 Å². The fourth-order valence-corrected chi connectivity index (χ4v) is 3.49. The number of halogens is 4. The highest BCUT2D eigenvalue weighted by molar-refractivity contribution is 5.99. The molecule has 10 nitrogen and oxygen atoms in total. The number of fused-ring (bicyclic) bond motifs is 1. The normalized spacial score (nSPS) is 11.3. The van der Waals surface area contributed by atoms with Crippen molar-refractivity contribution in [2.75, 3.05) is 17.7 Å². The molecule has 0 fully saturated rings. The molecular formula is C25H17F4N7O3. The highest BCUT2D eigenvalue weighted by atomic mass is 19.4. The number of nitrogens with zero attached hydrogens (tertiary/aromatic N) is 5. The number of aromatic nitrogens is 5. The van der Waals surface area contributed by atoms with Gasteiger partial charge in [-0.2, -0.15) is 23.3 Å². The number of urea groups is 1. The van der Waals surface area contributed by atoms with E-state index >= 15 is 0 Å². The third-order valence-corrected chi connectivity index (χ3v) is 5.36. The minimum atomic E-state index is -4.69. The molecule has 0 aliphatic rings. The molecule has 14 heteroatoms. The third-order valence-electron chi connectivity index (χ3n) is 5.36. The van der Waals surface area contributed by atoms with Crippen LogP contribution in [-0.4, -0.2) is 37.7 Å². The van der Waals surface area contributed by atoms with Gasteiger partial charge in [-0.1, -0.05) is 12.1 Å². The van der Waals surface area contributed by atoms with Crippen molar-refractivity contribution in [2.45, 2.75) is 6.18 Å². The van der Waals surface area contributed by atoms with Crippen LogP contribution in [0.4, 0.5) is 33.7 Å². The predicted molar refractivity (Wildman–Crippen MR) is 131 cm³/mol. The molecule has 2 N–H and O–H groups in total. The van der Waals surface area contributed by atoms with E-state index in [-0.39, 0.29) is 11.7 Å². The lowest BCUT2D eigenvalue weighted by molar-refractivity contribution is -0.137. The third kappa shape index (κ3) is 5.69. The lowest BCUT2D eigenvalue weighted by atomic mass is 10.1. The highest BCUT2D eigenvalue weighted by Gasteiger charge is 2.31. The fraction of sp³-hybridized carbons (Fsp3) is 0.0800. The summed E-state index contributed by atoms with van der Waals surface area (Å²) >= 11 is 0. The van der Waals surface area contributed by atoms with Crippen LogP contribution in [0.3, 0.4) is 0 Å². The molecule has 198 valence electrons. The number of amides is 2. The molecule has 3 heterocycles. The molecule has 3 aromatic heterocycles. The predicted octanol–water partition coefficient (Wildman–Crippen LogP) is 5.79. The van der Waals surface area contributed by atoms with Crippen molar-refractivity contribution in [3.8, 4) is 28.8 Å². The number of nitrogens with one attached hydrogen (secondary N) is 2. The molecule has 0 saturated heterocycles. The van der Waals surface area contributed by atoms with Crippen molar-refractivity contribution in [1.29, 1.82) is 0 Å². The van der Waals surface area contributed by atoms with Crippen LogP contribution in [0.2, 0.25) is 0 Å². The summed E-state index contributed by atoms with van der Waals surface area (Å²) in [5.74, 6) is -0.138. The summed E-state index contributed by atoms with van der Waals surface area (Å²) in [4.78, 5) is 24.6. The Balaban J connectivity index is 1.22. The van der Waals surface area contributed by atoms with Crippen molar-refractivity contribution < 1.29 is 31.8 Å². The van der Waals surface area contributed by atoms with Gasteiger partial charge in [-0.3, -0.25) is 0 Å². The van der Waals surface area contributed by atoms with Gasteiger partial charge in [0.1, 0.15) is 11.6 Å². The Kier molecular flexibility index (Phi) is 6.66. The number of anilines is 2. The maximum Gasteiger partial charge on any atom is 0.416 e. The molecule has 5 aromatic rings. The van der Waals surface area contributed by atoms with E-state index in [4.69, 9.17) is 9.47 Å². The van der Waals surface area contributed by atoms with Crippen molar-refractivity contribution in [3.63, 3.8) is 0 Å². The fourth-order valence-electron chi connectivity index (χ4n) is 3.49. The minimum Gasteiger partial charge on any atom is -0.481 e. The number of hydrogen-bond donors (Lipinski definition) is 2. The van der Waals surface area contributed by atoms with E-state index in [9.17, 15) is 22.4 Å². The molecule has 2 aromatic carbocycles. The number of methoxy groups -OCH3 is 1. The Morgan fingerprint density at radius 2 is 1.72 bits per heavy atom. The van der Waals surface area contributed by atoms with Gasteiger partial charge in [0.25, 0.3) is 0 Å². The van der Waals surface area contributed by atoms with Crippen LogP contribution in [0, 0.1) is 5.82 Å². The lowest BCUT2D eigenvalue weighted by Gasteiger charge is -2.11. The Morgan fingerprint density at radius 1 is 0.974 bits per heavy atom. The molecule has 0 aliphatic carbocycles. The summed E-state index contributed by atoms with van der Waals surface area (Å²) in [5.41, 5.74) is 0.600. The summed E-state index contributed by atoms with van der Waals surface area (Å²) in [6.45, 7) is 0.